The van der Waals surface area contributed by atoms with Crippen LogP contribution in [0.2, 0.25) is 0 Å². The number of hydrogen-bond acceptors (Lipinski definition) is 3. The van der Waals surface area contributed by atoms with Crippen molar-refractivity contribution in [2.75, 3.05) is 0 Å². The lowest BCUT2D eigenvalue weighted by Gasteiger charge is -2.42. The molecule has 1 aliphatic rings. The largest absolute Gasteiger partial charge is 0.368 e. The molecule has 2 aromatic rings. The van der Waals surface area contributed by atoms with Crippen molar-refractivity contribution in [2.24, 2.45) is 11.1 Å². The van der Waals surface area contributed by atoms with E-state index in [1.54, 1.807) is 0 Å². The number of amides is 1. The number of nitrogens with zero attached hydrogens (tertiary/aromatic N) is 1. The van der Waals surface area contributed by atoms with Crippen LogP contribution in [0.1, 0.15) is 46.9 Å². The molecule has 0 bridgehead atoms. The SMILES string of the molecule is Cc1ccc([C@@H]2CC(=O)C[C@@H](c3ccc(C)cc3)C2(C#N)C(N)=O)cc1. The van der Waals surface area contributed by atoms with Crippen molar-refractivity contribution < 1.29 is 9.59 Å². The highest BCUT2D eigenvalue weighted by Gasteiger charge is 2.56. The molecule has 0 unspecified atom stereocenters. The second-order valence-electron chi connectivity index (χ2n) is 7.22. The van der Waals surface area contributed by atoms with Crippen LogP contribution in [-0.4, -0.2) is 11.7 Å². The highest BCUT2D eigenvalue weighted by atomic mass is 16.1. The summed E-state index contributed by atoms with van der Waals surface area (Å²) in [5.41, 5.74) is 8.12. The molecule has 1 fully saturated rings. The van der Waals surface area contributed by atoms with E-state index >= 15 is 0 Å². The predicted molar refractivity (Wildman–Crippen MR) is 99.3 cm³/mol. The van der Waals surface area contributed by atoms with E-state index in [9.17, 15) is 14.9 Å². The molecule has 0 radical (unpaired) electrons. The van der Waals surface area contributed by atoms with Gasteiger partial charge in [0.05, 0.1) is 6.07 Å². The van der Waals surface area contributed by atoms with Crippen LogP contribution in [0, 0.1) is 30.6 Å². The van der Waals surface area contributed by atoms with E-state index in [1.807, 2.05) is 62.4 Å². The fourth-order valence-electron chi connectivity index (χ4n) is 4.02. The normalized spacial score (nSPS) is 21.8. The monoisotopic (exact) mass is 346 g/mol. The van der Waals surface area contributed by atoms with Gasteiger partial charge < -0.3 is 5.73 Å². The molecule has 0 spiro atoms. The van der Waals surface area contributed by atoms with Crippen molar-refractivity contribution in [2.45, 2.75) is 38.5 Å². The van der Waals surface area contributed by atoms with Gasteiger partial charge in [0, 0.05) is 24.7 Å². The Morgan fingerprint density at radius 2 is 1.35 bits per heavy atom. The highest BCUT2D eigenvalue weighted by Crippen LogP contribution is 2.53. The zero-order chi connectivity index (χ0) is 18.9. The third-order valence-electron chi connectivity index (χ3n) is 5.52. The number of nitriles is 1. The summed E-state index contributed by atoms with van der Waals surface area (Å²) in [4.78, 5) is 25.1. The van der Waals surface area contributed by atoms with E-state index < -0.39 is 23.2 Å². The van der Waals surface area contributed by atoms with Crippen molar-refractivity contribution >= 4 is 11.7 Å². The van der Waals surface area contributed by atoms with Gasteiger partial charge in [-0.3, -0.25) is 9.59 Å². The van der Waals surface area contributed by atoms with Crippen LogP contribution in [0.3, 0.4) is 0 Å². The van der Waals surface area contributed by atoms with Gasteiger partial charge in [-0.15, -0.1) is 0 Å². The molecule has 2 aromatic carbocycles. The topological polar surface area (TPSA) is 83.9 Å². The first kappa shape index (κ1) is 17.9. The van der Waals surface area contributed by atoms with Gasteiger partial charge in [-0.2, -0.15) is 5.26 Å². The molecule has 0 saturated heterocycles. The minimum Gasteiger partial charge on any atom is -0.368 e. The molecule has 1 saturated carbocycles. The van der Waals surface area contributed by atoms with Crippen LogP contribution in [0.4, 0.5) is 0 Å². The van der Waals surface area contributed by atoms with Gasteiger partial charge in [-0.05, 0) is 25.0 Å². The van der Waals surface area contributed by atoms with Gasteiger partial charge in [-0.1, -0.05) is 59.7 Å². The maximum absolute atomic E-state index is 12.6. The van der Waals surface area contributed by atoms with Crippen LogP contribution in [0.25, 0.3) is 0 Å². The summed E-state index contributed by atoms with van der Waals surface area (Å²) < 4.78 is 0. The molecule has 0 heterocycles. The summed E-state index contributed by atoms with van der Waals surface area (Å²) in [7, 11) is 0. The van der Waals surface area contributed by atoms with Crippen LogP contribution in [-0.2, 0) is 9.59 Å². The highest BCUT2D eigenvalue weighted by molar-refractivity contribution is 5.92. The first-order chi connectivity index (χ1) is 12.4. The molecular weight excluding hydrogens is 324 g/mol. The van der Waals surface area contributed by atoms with Gasteiger partial charge in [0.2, 0.25) is 5.91 Å². The molecule has 132 valence electrons. The fourth-order valence-corrected chi connectivity index (χ4v) is 4.02. The Morgan fingerprint density at radius 1 is 0.962 bits per heavy atom. The Hall–Kier alpha value is -2.93. The minimum absolute atomic E-state index is 0.0493. The number of aryl methyl sites for hydroxylation is 2. The van der Waals surface area contributed by atoms with E-state index in [2.05, 4.69) is 6.07 Å². The maximum atomic E-state index is 12.6. The smallest absolute Gasteiger partial charge is 0.239 e. The van der Waals surface area contributed by atoms with Gasteiger partial charge >= 0.3 is 0 Å². The Morgan fingerprint density at radius 3 is 1.65 bits per heavy atom. The summed E-state index contributed by atoms with van der Waals surface area (Å²) in [6.45, 7) is 3.94. The van der Waals surface area contributed by atoms with Crippen LogP contribution in [0.15, 0.2) is 48.5 Å². The van der Waals surface area contributed by atoms with E-state index in [-0.39, 0.29) is 18.6 Å². The number of carbonyl (C=O) groups is 2. The van der Waals surface area contributed by atoms with Crippen molar-refractivity contribution in [3.05, 3.63) is 70.8 Å². The number of carbonyl (C=O) groups excluding carboxylic acids is 2. The number of nitrogens with two attached hydrogens (primary N) is 1. The lowest BCUT2D eigenvalue weighted by Crippen LogP contribution is -2.49. The third-order valence-corrected chi connectivity index (χ3v) is 5.52. The van der Waals surface area contributed by atoms with Crippen molar-refractivity contribution in [3.63, 3.8) is 0 Å². The van der Waals surface area contributed by atoms with E-state index in [4.69, 9.17) is 5.73 Å². The van der Waals surface area contributed by atoms with Crippen LogP contribution in [0.5, 0.6) is 0 Å². The number of primary amides is 1. The number of rotatable bonds is 3. The van der Waals surface area contributed by atoms with Crippen molar-refractivity contribution in [1.29, 1.82) is 5.26 Å². The lowest BCUT2D eigenvalue weighted by molar-refractivity contribution is -0.132. The van der Waals surface area contributed by atoms with Gasteiger partial charge in [0.15, 0.2) is 0 Å². The molecule has 4 heteroatoms. The Kier molecular flexibility index (Phi) is 4.65. The molecule has 1 aliphatic carbocycles. The molecule has 1 amide bonds. The van der Waals surface area contributed by atoms with E-state index in [0.717, 1.165) is 22.3 Å². The average molecular weight is 346 g/mol. The van der Waals surface area contributed by atoms with E-state index in [1.165, 1.54) is 0 Å². The summed E-state index contributed by atoms with van der Waals surface area (Å²) in [5.74, 6) is -1.70. The molecule has 0 aliphatic heterocycles. The third kappa shape index (κ3) is 2.90. The van der Waals surface area contributed by atoms with Crippen molar-refractivity contribution in [3.8, 4) is 6.07 Å². The van der Waals surface area contributed by atoms with Crippen LogP contribution < -0.4 is 5.73 Å². The Bertz CT molecular complexity index is 818. The zero-order valence-corrected chi connectivity index (χ0v) is 15.0. The molecule has 4 nitrogen and oxygen atoms in total. The summed E-state index contributed by atoms with van der Waals surface area (Å²) >= 11 is 0. The predicted octanol–water partition coefficient (Wildman–Crippen LogP) is 3.53. The second-order valence-corrected chi connectivity index (χ2v) is 7.22. The molecule has 0 aromatic heterocycles. The standard InChI is InChI=1S/C22H22N2O2/c1-14-3-7-16(8-4-14)19-11-18(25)12-20(22(19,13-23)21(24)26)17-9-5-15(2)6-10-17/h3-10,19-20H,11-12H2,1-2H3,(H2,24,26)/t19-,20-/m0/s1. The second kappa shape index (κ2) is 6.76. The number of Topliss-reactive ketones (excluding diaryl/α,β-unsaturated/α-hetero) is 1. The minimum atomic E-state index is -1.45. The number of benzene rings is 2. The molecule has 26 heavy (non-hydrogen) atoms. The maximum Gasteiger partial charge on any atom is 0.239 e. The quantitative estimate of drug-likeness (QED) is 0.922. The number of ketones is 1. The zero-order valence-electron chi connectivity index (χ0n) is 15.0. The Labute approximate surface area is 153 Å². The molecule has 2 atom stereocenters. The van der Waals surface area contributed by atoms with Gasteiger partial charge in [0.1, 0.15) is 11.2 Å². The first-order valence-corrected chi connectivity index (χ1v) is 8.74. The van der Waals surface area contributed by atoms with E-state index in [0.29, 0.717) is 0 Å². The average Bonchev–Trinajstić information content (AvgIpc) is 2.62. The lowest BCUT2D eigenvalue weighted by atomic mass is 9.56. The Balaban J connectivity index is 2.18. The molecular formula is C22H22N2O2. The summed E-state index contributed by atoms with van der Waals surface area (Å²) in [6, 6.07) is 17.5. The van der Waals surface area contributed by atoms with Crippen molar-refractivity contribution in [1.82, 2.24) is 0 Å². The number of hydrogen-bond donors (Lipinski definition) is 1. The van der Waals surface area contributed by atoms with Crippen LogP contribution >= 0.6 is 0 Å². The van der Waals surface area contributed by atoms with Gasteiger partial charge in [0.25, 0.3) is 0 Å². The summed E-state index contributed by atoms with van der Waals surface area (Å²) in [5, 5.41) is 10.1. The molecule has 2 N–H and O–H groups in total. The fraction of sp³-hybridized carbons (Fsp3) is 0.318. The first-order valence-electron chi connectivity index (χ1n) is 8.74. The summed E-state index contributed by atoms with van der Waals surface area (Å²) in [6.07, 6.45) is 0.309. The van der Waals surface area contributed by atoms with Gasteiger partial charge in [-0.25, -0.2) is 0 Å². The molecule has 3 rings (SSSR count).